The van der Waals surface area contributed by atoms with Crippen LogP contribution >= 0.6 is 0 Å². The van der Waals surface area contributed by atoms with Gasteiger partial charge in [0.1, 0.15) is 17.4 Å². The molecular formula is C24H20O4. The van der Waals surface area contributed by atoms with Crippen molar-refractivity contribution >= 4 is 11.8 Å². The first kappa shape index (κ1) is 18.0. The van der Waals surface area contributed by atoms with E-state index in [1.54, 1.807) is 0 Å². The quantitative estimate of drug-likeness (QED) is 0.479. The Morgan fingerprint density at radius 1 is 0.893 bits per heavy atom. The van der Waals surface area contributed by atoms with Crippen LogP contribution in [0.25, 0.3) is 0 Å². The van der Waals surface area contributed by atoms with Gasteiger partial charge in [-0.25, -0.2) is 0 Å². The highest BCUT2D eigenvalue weighted by Crippen LogP contribution is 2.44. The van der Waals surface area contributed by atoms with Crippen LogP contribution in [-0.4, -0.2) is 18.4 Å². The highest BCUT2D eigenvalue weighted by Gasteiger charge is 2.33. The van der Waals surface area contributed by atoms with Crippen LogP contribution < -0.4 is 4.74 Å². The third-order valence-corrected chi connectivity index (χ3v) is 4.95. The van der Waals surface area contributed by atoms with Crippen LogP contribution in [0.2, 0.25) is 0 Å². The third-order valence-electron chi connectivity index (χ3n) is 4.95. The molecule has 0 unspecified atom stereocenters. The zero-order chi connectivity index (χ0) is 19.7. The minimum absolute atomic E-state index is 0.205. The molecule has 0 saturated carbocycles. The van der Waals surface area contributed by atoms with Crippen LogP contribution in [0.5, 0.6) is 11.5 Å². The van der Waals surface area contributed by atoms with Gasteiger partial charge in [-0.3, -0.25) is 9.59 Å². The van der Waals surface area contributed by atoms with E-state index in [9.17, 15) is 9.59 Å². The monoisotopic (exact) mass is 372 g/mol. The predicted octanol–water partition coefficient (Wildman–Crippen LogP) is 4.97. The van der Waals surface area contributed by atoms with Crippen molar-refractivity contribution in [1.82, 2.24) is 0 Å². The summed E-state index contributed by atoms with van der Waals surface area (Å²) in [6.45, 7) is 3.52. The van der Waals surface area contributed by atoms with Crippen LogP contribution in [0.15, 0.2) is 66.7 Å². The lowest BCUT2D eigenvalue weighted by molar-refractivity contribution is -0.143. The largest absolute Gasteiger partial charge is 0.457 e. The minimum atomic E-state index is -0.618. The number of ether oxygens (including phenoxy) is 2. The SMILES string of the molecule is Cc1ccc(C)c(C(=O)COC(=O)C2c3ccccc3Oc3ccccc32)c1. The zero-order valence-corrected chi connectivity index (χ0v) is 15.8. The topological polar surface area (TPSA) is 52.6 Å². The van der Waals surface area contributed by atoms with E-state index in [4.69, 9.17) is 9.47 Å². The molecule has 3 aromatic carbocycles. The molecule has 28 heavy (non-hydrogen) atoms. The van der Waals surface area contributed by atoms with Gasteiger partial charge in [-0.1, -0.05) is 54.1 Å². The molecule has 4 nitrogen and oxygen atoms in total. The second-order valence-corrected chi connectivity index (χ2v) is 6.96. The molecule has 0 aliphatic carbocycles. The standard InChI is InChI=1S/C24H20O4/c1-15-11-12-16(2)19(13-15)20(25)14-27-24(26)23-17-7-3-5-9-21(17)28-22-10-6-4-8-18(22)23/h3-13,23H,14H2,1-2H3. The second-order valence-electron chi connectivity index (χ2n) is 6.96. The number of aryl methyl sites for hydroxylation is 2. The molecule has 0 aromatic heterocycles. The first-order valence-corrected chi connectivity index (χ1v) is 9.17. The molecule has 0 N–H and O–H groups in total. The Morgan fingerprint density at radius 2 is 1.50 bits per heavy atom. The number of para-hydroxylation sites is 2. The van der Waals surface area contributed by atoms with Gasteiger partial charge in [-0.15, -0.1) is 0 Å². The zero-order valence-electron chi connectivity index (χ0n) is 15.8. The maximum Gasteiger partial charge on any atom is 0.318 e. The molecule has 0 atom stereocenters. The Kier molecular flexibility index (Phi) is 4.70. The maximum atomic E-state index is 13.0. The highest BCUT2D eigenvalue weighted by atomic mass is 16.5. The number of esters is 1. The van der Waals surface area contributed by atoms with Gasteiger partial charge in [0.2, 0.25) is 5.78 Å². The van der Waals surface area contributed by atoms with E-state index in [-0.39, 0.29) is 12.4 Å². The van der Waals surface area contributed by atoms with E-state index in [1.165, 1.54) is 0 Å². The lowest BCUT2D eigenvalue weighted by Gasteiger charge is -2.26. The highest BCUT2D eigenvalue weighted by molar-refractivity contribution is 6.00. The summed E-state index contributed by atoms with van der Waals surface area (Å²) in [5, 5.41) is 0. The minimum Gasteiger partial charge on any atom is -0.457 e. The molecule has 0 amide bonds. The van der Waals surface area contributed by atoms with Crippen molar-refractivity contribution in [3.8, 4) is 11.5 Å². The summed E-state index contributed by atoms with van der Waals surface area (Å²) in [5.74, 6) is -0.0226. The van der Waals surface area contributed by atoms with E-state index >= 15 is 0 Å². The van der Waals surface area contributed by atoms with Crippen LogP contribution in [0.3, 0.4) is 0 Å². The number of hydrogen-bond acceptors (Lipinski definition) is 4. The Bertz CT molecular complexity index is 1020. The average Bonchev–Trinajstić information content (AvgIpc) is 2.71. The van der Waals surface area contributed by atoms with Crippen molar-refractivity contribution in [1.29, 1.82) is 0 Å². The molecule has 0 bridgehead atoms. The number of carbonyl (C=O) groups excluding carboxylic acids is 2. The van der Waals surface area contributed by atoms with Gasteiger partial charge in [0, 0.05) is 16.7 Å². The molecule has 140 valence electrons. The molecule has 0 fully saturated rings. The molecule has 0 radical (unpaired) electrons. The third kappa shape index (κ3) is 3.29. The number of fused-ring (bicyclic) bond motifs is 2. The van der Waals surface area contributed by atoms with E-state index in [1.807, 2.05) is 80.6 Å². The summed E-state index contributed by atoms with van der Waals surface area (Å²) in [6, 6.07) is 20.5. The van der Waals surface area contributed by atoms with Crippen molar-refractivity contribution in [2.24, 2.45) is 0 Å². The fourth-order valence-corrected chi connectivity index (χ4v) is 3.50. The van der Waals surface area contributed by atoms with Crippen molar-refractivity contribution < 1.29 is 19.1 Å². The molecule has 4 heteroatoms. The molecule has 0 spiro atoms. The van der Waals surface area contributed by atoms with Crippen LogP contribution in [0.4, 0.5) is 0 Å². The van der Waals surface area contributed by atoms with Gasteiger partial charge in [0.05, 0.1) is 0 Å². The van der Waals surface area contributed by atoms with Gasteiger partial charge in [0.15, 0.2) is 6.61 Å². The van der Waals surface area contributed by atoms with E-state index in [2.05, 4.69) is 0 Å². The molecular weight excluding hydrogens is 352 g/mol. The van der Waals surface area contributed by atoms with Crippen molar-refractivity contribution in [3.63, 3.8) is 0 Å². The first-order valence-electron chi connectivity index (χ1n) is 9.17. The molecule has 0 saturated heterocycles. The molecule has 4 rings (SSSR count). The Hall–Kier alpha value is -3.40. The summed E-state index contributed by atoms with van der Waals surface area (Å²) in [6.07, 6.45) is 0. The maximum absolute atomic E-state index is 13.0. The fraction of sp³-hybridized carbons (Fsp3) is 0.167. The van der Waals surface area contributed by atoms with Gasteiger partial charge < -0.3 is 9.47 Å². The number of ketones is 1. The summed E-state index contributed by atoms with van der Waals surface area (Å²) in [7, 11) is 0. The smallest absolute Gasteiger partial charge is 0.318 e. The summed E-state index contributed by atoms with van der Waals surface area (Å²) in [5.41, 5.74) is 3.93. The van der Waals surface area contributed by atoms with E-state index in [0.29, 0.717) is 17.1 Å². The summed E-state index contributed by atoms with van der Waals surface area (Å²) < 4.78 is 11.4. The number of rotatable bonds is 4. The number of carbonyl (C=O) groups is 2. The fourth-order valence-electron chi connectivity index (χ4n) is 3.50. The van der Waals surface area contributed by atoms with E-state index < -0.39 is 11.9 Å². The van der Waals surface area contributed by atoms with Crippen molar-refractivity contribution in [2.75, 3.05) is 6.61 Å². The number of hydrogen-bond donors (Lipinski definition) is 0. The number of benzene rings is 3. The van der Waals surface area contributed by atoms with Crippen LogP contribution in [0.1, 0.15) is 38.5 Å². The second kappa shape index (κ2) is 7.31. The molecule has 1 aliphatic rings. The summed E-state index contributed by atoms with van der Waals surface area (Å²) >= 11 is 0. The molecule has 3 aromatic rings. The predicted molar refractivity (Wildman–Crippen MR) is 106 cm³/mol. The van der Waals surface area contributed by atoms with Crippen molar-refractivity contribution in [2.45, 2.75) is 19.8 Å². The normalized spacial score (nSPS) is 12.5. The lowest BCUT2D eigenvalue weighted by atomic mass is 9.88. The number of Topliss-reactive ketones (excluding diaryl/α,β-unsaturated/α-hetero) is 1. The Morgan fingerprint density at radius 3 is 2.14 bits per heavy atom. The molecule has 1 aliphatic heterocycles. The van der Waals surface area contributed by atoms with Gasteiger partial charge in [-0.2, -0.15) is 0 Å². The van der Waals surface area contributed by atoms with Crippen LogP contribution in [0, 0.1) is 13.8 Å². The summed E-state index contributed by atoms with van der Waals surface area (Å²) in [4.78, 5) is 25.6. The Balaban J connectivity index is 1.59. The van der Waals surface area contributed by atoms with Gasteiger partial charge in [-0.05, 0) is 37.6 Å². The van der Waals surface area contributed by atoms with Gasteiger partial charge >= 0.3 is 5.97 Å². The van der Waals surface area contributed by atoms with Gasteiger partial charge in [0.25, 0.3) is 0 Å². The van der Waals surface area contributed by atoms with Crippen molar-refractivity contribution in [3.05, 3.63) is 94.5 Å². The molecule has 1 heterocycles. The lowest BCUT2D eigenvalue weighted by Crippen LogP contribution is -2.24. The van der Waals surface area contributed by atoms with Crippen LogP contribution in [-0.2, 0) is 9.53 Å². The first-order chi connectivity index (χ1) is 13.5. The van der Waals surface area contributed by atoms with E-state index in [0.717, 1.165) is 22.3 Å². The average molecular weight is 372 g/mol. The Labute approximate surface area is 163 Å².